The van der Waals surface area contributed by atoms with E-state index in [9.17, 15) is 26.4 Å². The number of rotatable bonds is 8. The van der Waals surface area contributed by atoms with Crippen LogP contribution in [-0.2, 0) is 33.8 Å². The number of carbonyl (C=O) groups excluding carboxylic acids is 1. The Morgan fingerprint density at radius 3 is 2.11 bits per heavy atom. The van der Waals surface area contributed by atoms with Gasteiger partial charge in [0.2, 0.25) is 5.91 Å². The van der Waals surface area contributed by atoms with Crippen molar-refractivity contribution in [3.63, 3.8) is 0 Å². The first-order chi connectivity index (χ1) is 16.9. The van der Waals surface area contributed by atoms with Crippen LogP contribution in [0.3, 0.4) is 0 Å². The van der Waals surface area contributed by atoms with Gasteiger partial charge < -0.3 is 5.32 Å². The van der Waals surface area contributed by atoms with Gasteiger partial charge in [0.25, 0.3) is 10.0 Å². The van der Waals surface area contributed by atoms with Crippen molar-refractivity contribution in [2.75, 3.05) is 16.2 Å². The lowest BCUT2D eigenvalue weighted by atomic mass is 10.0. The zero-order valence-corrected chi connectivity index (χ0v) is 21.4. The Bertz CT molecular complexity index is 1350. The van der Waals surface area contributed by atoms with Crippen LogP contribution in [0.15, 0.2) is 65.6 Å². The Morgan fingerprint density at radius 1 is 0.917 bits per heavy atom. The number of nitrogens with zero attached hydrogens (tertiary/aromatic N) is 1. The molecule has 3 rings (SSSR count). The molecule has 0 fully saturated rings. The van der Waals surface area contributed by atoms with Gasteiger partial charge in [0.1, 0.15) is 6.54 Å². The maximum absolute atomic E-state index is 13.8. The molecule has 9 heteroatoms. The molecule has 0 aromatic heterocycles. The van der Waals surface area contributed by atoms with Crippen LogP contribution in [0.1, 0.15) is 41.7 Å². The largest absolute Gasteiger partial charge is 0.416 e. The minimum atomic E-state index is -4.68. The SMILES string of the molecule is CCc1cccc(CC)c1NC(=O)CN(c1cccc(C(F)(F)F)c1)S(=O)(=O)c1cc(C)ccc1C. The third kappa shape index (κ3) is 5.90. The first-order valence-corrected chi connectivity index (χ1v) is 13.0. The number of anilines is 2. The fourth-order valence-electron chi connectivity index (χ4n) is 3.97. The number of sulfonamides is 1. The molecular weight excluding hydrogens is 489 g/mol. The van der Waals surface area contributed by atoms with E-state index in [0.717, 1.165) is 33.6 Å². The molecule has 36 heavy (non-hydrogen) atoms. The number of hydrogen-bond acceptors (Lipinski definition) is 3. The average Bonchev–Trinajstić information content (AvgIpc) is 2.83. The van der Waals surface area contributed by atoms with E-state index in [1.54, 1.807) is 26.0 Å². The number of benzene rings is 3. The molecule has 0 unspecified atom stereocenters. The van der Waals surface area contributed by atoms with Crippen molar-refractivity contribution in [1.82, 2.24) is 0 Å². The van der Waals surface area contributed by atoms with E-state index >= 15 is 0 Å². The molecule has 0 aliphatic rings. The van der Waals surface area contributed by atoms with Gasteiger partial charge in [0.15, 0.2) is 0 Å². The van der Waals surface area contributed by atoms with Crippen molar-refractivity contribution >= 4 is 27.3 Å². The molecule has 1 amide bonds. The molecule has 192 valence electrons. The predicted octanol–water partition coefficient (Wildman–Crippen LogP) is 6.28. The zero-order valence-electron chi connectivity index (χ0n) is 20.6. The van der Waals surface area contributed by atoms with E-state index in [0.29, 0.717) is 29.7 Å². The molecule has 3 aromatic carbocycles. The standard InChI is InChI=1S/C27H29F3N2O3S/c1-5-20-9-7-10-21(6-2)26(20)31-25(33)17-32(23-12-8-11-22(16-23)27(28,29)30)36(34,35)24-15-18(3)13-14-19(24)4/h7-16H,5-6,17H2,1-4H3,(H,31,33). The van der Waals surface area contributed by atoms with Crippen LogP contribution in [0.4, 0.5) is 24.5 Å². The predicted molar refractivity (Wildman–Crippen MR) is 136 cm³/mol. The molecule has 0 bridgehead atoms. The van der Waals surface area contributed by atoms with Crippen molar-refractivity contribution in [2.45, 2.75) is 51.6 Å². The van der Waals surface area contributed by atoms with Gasteiger partial charge in [-0.25, -0.2) is 8.42 Å². The highest BCUT2D eigenvalue weighted by Crippen LogP contribution is 2.34. The summed E-state index contributed by atoms with van der Waals surface area (Å²) in [7, 11) is -4.38. The van der Waals surface area contributed by atoms with Crippen LogP contribution >= 0.6 is 0 Å². The van der Waals surface area contributed by atoms with Gasteiger partial charge in [-0.2, -0.15) is 13.2 Å². The molecular formula is C27H29F3N2O3S. The van der Waals surface area contributed by atoms with Gasteiger partial charge in [-0.05, 0) is 73.2 Å². The van der Waals surface area contributed by atoms with Gasteiger partial charge in [-0.15, -0.1) is 0 Å². The fourth-order valence-corrected chi connectivity index (χ4v) is 5.69. The summed E-state index contributed by atoms with van der Waals surface area (Å²) in [5.74, 6) is -0.656. The number of aryl methyl sites for hydroxylation is 4. The van der Waals surface area contributed by atoms with E-state index in [2.05, 4.69) is 5.32 Å². The monoisotopic (exact) mass is 518 g/mol. The van der Waals surface area contributed by atoms with Crippen LogP contribution in [0.2, 0.25) is 0 Å². The molecule has 5 nitrogen and oxygen atoms in total. The molecule has 0 heterocycles. The topological polar surface area (TPSA) is 66.5 Å². The third-order valence-corrected chi connectivity index (χ3v) is 7.84. The van der Waals surface area contributed by atoms with Crippen LogP contribution in [0.25, 0.3) is 0 Å². The van der Waals surface area contributed by atoms with Gasteiger partial charge >= 0.3 is 6.18 Å². The Kier molecular flexibility index (Phi) is 8.13. The summed E-state index contributed by atoms with van der Waals surface area (Å²) in [6.07, 6.45) is -3.40. The molecule has 1 N–H and O–H groups in total. The summed E-state index contributed by atoms with van der Waals surface area (Å²) in [6.45, 7) is 6.49. The Hall–Kier alpha value is -3.33. The number of para-hydroxylation sites is 1. The van der Waals surface area contributed by atoms with Crippen LogP contribution in [-0.4, -0.2) is 20.9 Å². The normalized spacial score (nSPS) is 11.9. The second-order valence-electron chi connectivity index (χ2n) is 8.54. The lowest BCUT2D eigenvalue weighted by Crippen LogP contribution is -2.38. The molecule has 3 aromatic rings. The third-order valence-electron chi connectivity index (χ3n) is 5.92. The van der Waals surface area contributed by atoms with E-state index in [4.69, 9.17) is 0 Å². The lowest BCUT2D eigenvalue weighted by molar-refractivity contribution is -0.137. The van der Waals surface area contributed by atoms with Crippen molar-refractivity contribution in [3.05, 3.63) is 88.5 Å². The van der Waals surface area contributed by atoms with Crippen molar-refractivity contribution in [2.24, 2.45) is 0 Å². The van der Waals surface area contributed by atoms with E-state index in [1.807, 2.05) is 32.0 Å². The van der Waals surface area contributed by atoms with Gasteiger partial charge in [0.05, 0.1) is 16.1 Å². The summed E-state index contributed by atoms with van der Waals surface area (Å²) in [5, 5.41) is 2.81. The smallest absolute Gasteiger partial charge is 0.324 e. The van der Waals surface area contributed by atoms with Crippen LogP contribution < -0.4 is 9.62 Å². The lowest BCUT2D eigenvalue weighted by Gasteiger charge is -2.26. The van der Waals surface area contributed by atoms with Crippen LogP contribution in [0, 0.1) is 13.8 Å². The van der Waals surface area contributed by atoms with Gasteiger partial charge in [0, 0.05) is 5.69 Å². The highest BCUT2D eigenvalue weighted by atomic mass is 32.2. The van der Waals surface area contributed by atoms with E-state index in [-0.39, 0.29) is 10.6 Å². The summed E-state index contributed by atoms with van der Waals surface area (Å²) in [6, 6.07) is 14.4. The minimum Gasteiger partial charge on any atom is -0.324 e. The van der Waals surface area contributed by atoms with E-state index < -0.39 is 34.2 Å². The summed E-state index contributed by atoms with van der Waals surface area (Å²) in [4.78, 5) is 13.1. The second kappa shape index (κ2) is 10.7. The highest BCUT2D eigenvalue weighted by Gasteiger charge is 2.34. The summed E-state index contributed by atoms with van der Waals surface area (Å²) >= 11 is 0. The number of carbonyl (C=O) groups is 1. The first kappa shape index (κ1) is 27.3. The molecule has 0 saturated heterocycles. The fraction of sp³-hybridized carbons (Fsp3) is 0.296. The maximum Gasteiger partial charge on any atom is 0.416 e. The number of nitrogens with one attached hydrogen (secondary N) is 1. The molecule has 0 saturated carbocycles. The van der Waals surface area contributed by atoms with Crippen LogP contribution in [0.5, 0.6) is 0 Å². The first-order valence-electron chi connectivity index (χ1n) is 11.6. The quantitative estimate of drug-likeness (QED) is 0.382. The van der Waals surface area contributed by atoms with E-state index in [1.165, 1.54) is 12.1 Å². The molecule has 0 spiro atoms. The van der Waals surface area contributed by atoms with Gasteiger partial charge in [-0.3, -0.25) is 9.10 Å². The van der Waals surface area contributed by atoms with Crippen molar-refractivity contribution in [1.29, 1.82) is 0 Å². The number of amides is 1. The Morgan fingerprint density at radius 2 is 1.53 bits per heavy atom. The Balaban J connectivity index is 2.10. The number of hydrogen-bond donors (Lipinski definition) is 1. The van der Waals surface area contributed by atoms with Gasteiger partial charge in [-0.1, -0.05) is 50.2 Å². The maximum atomic E-state index is 13.8. The molecule has 0 aliphatic heterocycles. The zero-order chi connectivity index (χ0) is 26.7. The molecule has 0 aliphatic carbocycles. The van der Waals surface area contributed by atoms with Crippen molar-refractivity contribution in [3.8, 4) is 0 Å². The summed E-state index contributed by atoms with van der Waals surface area (Å²) < 4.78 is 68.6. The highest BCUT2D eigenvalue weighted by molar-refractivity contribution is 7.93. The average molecular weight is 519 g/mol. The number of alkyl halides is 3. The van der Waals surface area contributed by atoms with Crippen molar-refractivity contribution < 1.29 is 26.4 Å². The molecule has 0 atom stereocenters. The summed E-state index contributed by atoms with van der Waals surface area (Å²) in [5.41, 5.74) is 2.18. The molecule has 0 radical (unpaired) electrons. The Labute approximate surface area is 210 Å². The minimum absolute atomic E-state index is 0.0732. The second-order valence-corrected chi connectivity index (χ2v) is 10.4. The number of halogens is 3.